The molecule has 1 aliphatic rings. The molecule has 3 aromatic rings. The molecule has 5 N–H and O–H groups in total. The molecular formula is C23H24N4O4. The summed E-state index contributed by atoms with van der Waals surface area (Å²) in [6.45, 7) is 1.02. The molecule has 0 radical (unpaired) electrons. The van der Waals surface area contributed by atoms with Gasteiger partial charge in [0.25, 0.3) is 0 Å². The first kappa shape index (κ1) is 20.8. The molecule has 160 valence electrons. The minimum atomic E-state index is -0.991. The fraction of sp³-hybridized carbons (Fsp3) is 0.261. The summed E-state index contributed by atoms with van der Waals surface area (Å²) in [6, 6.07) is 12.6. The van der Waals surface area contributed by atoms with Gasteiger partial charge in [0.05, 0.1) is 17.4 Å². The second-order valence-corrected chi connectivity index (χ2v) is 7.53. The number of aliphatic hydroxyl groups is 1. The van der Waals surface area contributed by atoms with Crippen molar-refractivity contribution in [3.63, 3.8) is 0 Å². The van der Waals surface area contributed by atoms with Gasteiger partial charge in [0.15, 0.2) is 0 Å². The standard InChI is InChI=1S/C23H24N4O4/c24-22-8-4-16(10-27-22)20(28)13-25-12-18-5-1-15-9-14(3-7-21(15)31-18)19-6-2-17(11-26-19)23(29)30/h2-4,6-11,18,20,25,28H,1,5,12-13H2,(H2,24,27)(H,29,30)/t18-,20+/m1/s1. The van der Waals surface area contributed by atoms with Crippen LogP contribution in [0.2, 0.25) is 0 Å². The third-order valence-electron chi connectivity index (χ3n) is 5.30. The molecule has 0 amide bonds. The van der Waals surface area contributed by atoms with E-state index in [1.54, 1.807) is 30.5 Å². The highest BCUT2D eigenvalue weighted by molar-refractivity contribution is 5.87. The molecule has 0 saturated carbocycles. The number of pyridine rings is 2. The van der Waals surface area contributed by atoms with Crippen molar-refractivity contribution >= 4 is 11.8 Å². The van der Waals surface area contributed by atoms with Crippen LogP contribution < -0.4 is 15.8 Å². The summed E-state index contributed by atoms with van der Waals surface area (Å²) in [6.07, 6.45) is 4.03. The smallest absolute Gasteiger partial charge is 0.337 e. The fourth-order valence-corrected chi connectivity index (χ4v) is 3.55. The number of aromatic nitrogens is 2. The van der Waals surface area contributed by atoms with E-state index in [9.17, 15) is 9.90 Å². The number of fused-ring (bicyclic) bond motifs is 1. The van der Waals surface area contributed by atoms with Crippen LogP contribution in [0.15, 0.2) is 54.9 Å². The molecule has 1 aliphatic heterocycles. The second kappa shape index (κ2) is 9.11. The van der Waals surface area contributed by atoms with E-state index >= 15 is 0 Å². The van der Waals surface area contributed by atoms with Gasteiger partial charge in [0.1, 0.15) is 17.7 Å². The van der Waals surface area contributed by atoms with Gasteiger partial charge in [0.2, 0.25) is 0 Å². The molecule has 2 atom stereocenters. The first-order chi connectivity index (χ1) is 15.0. The first-order valence-corrected chi connectivity index (χ1v) is 10.1. The van der Waals surface area contributed by atoms with Gasteiger partial charge >= 0.3 is 5.97 Å². The van der Waals surface area contributed by atoms with Gasteiger partial charge in [-0.1, -0.05) is 6.07 Å². The van der Waals surface area contributed by atoms with Crippen molar-refractivity contribution in [2.24, 2.45) is 0 Å². The summed E-state index contributed by atoms with van der Waals surface area (Å²) in [7, 11) is 0. The zero-order valence-corrected chi connectivity index (χ0v) is 16.9. The number of carbonyl (C=O) groups is 1. The summed E-state index contributed by atoms with van der Waals surface area (Å²) in [5, 5.41) is 22.5. The van der Waals surface area contributed by atoms with Crippen LogP contribution in [0.1, 0.15) is 34.0 Å². The molecule has 0 aliphatic carbocycles. The van der Waals surface area contributed by atoms with E-state index in [2.05, 4.69) is 15.3 Å². The molecule has 1 aromatic carbocycles. The number of nitrogen functional groups attached to an aromatic ring is 1. The zero-order chi connectivity index (χ0) is 21.8. The van der Waals surface area contributed by atoms with Gasteiger partial charge in [-0.05, 0) is 54.8 Å². The van der Waals surface area contributed by atoms with E-state index in [0.717, 1.165) is 35.4 Å². The lowest BCUT2D eigenvalue weighted by Gasteiger charge is -2.27. The predicted octanol–water partition coefficient (Wildman–Crippen LogP) is 2.44. The van der Waals surface area contributed by atoms with Crippen molar-refractivity contribution in [2.75, 3.05) is 18.8 Å². The lowest BCUT2D eigenvalue weighted by Crippen LogP contribution is -2.36. The van der Waals surface area contributed by atoms with Crippen molar-refractivity contribution < 1.29 is 19.7 Å². The number of aryl methyl sites for hydroxylation is 1. The van der Waals surface area contributed by atoms with Gasteiger partial charge in [0, 0.05) is 36.6 Å². The monoisotopic (exact) mass is 420 g/mol. The number of carboxylic acids is 1. The van der Waals surface area contributed by atoms with Crippen LogP contribution in [-0.4, -0.2) is 45.3 Å². The Bertz CT molecular complexity index is 1050. The van der Waals surface area contributed by atoms with Crippen LogP contribution in [0.4, 0.5) is 5.82 Å². The number of nitrogens with two attached hydrogens (primary N) is 1. The number of ether oxygens (including phenoxy) is 1. The van der Waals surface area contributed by atoms with Crippen molar-refractivity contribution in [3.05, 3.63) is 71.5 Å². The number of benzene rings is 1. The maximum absolute atomic E-state index is 11.0. The number of hydrogen-bond acceptors (Lipinski definition) is 7. The number of anilines is 1. The molecule has 0 spiro atoms. The van der Waals surface area contributed by atoms with Crippen LogP contribution in [0.5, 0.6) is 5.75 Å². The Morgan fingerprint density at radius 1 is 1.19 bits per heavy atom. The quantitative estimate of drug-likeness (QED) is 0.458. The number of hydrogen-bond donors (Lipinski definition) is 4. The lowest BCUT2D eigenvalue weighted by atomic mass is 9.98. The summed E-state index contributed by atoms with van der Waals surface area (Å²) in [4.78, 5) is 19.2. The first-order valence-electron chi connectivity index (χ1n) is 10.1. The van der Waals surface area contributed by atoms with Crippen molar-refractivity contribution in [2.45, 2.75) is 25.0 Å². The second-order valence-electron chi connectivity index (χ2n) is 7.53. The summed E-state index contributed by atoms with van der Waals surface area (Å²) < 4.78 is 6.11. The summed E-state index contributed by atoms with van der Waals surface area (Å²) in [5.74, 6) is 0.275. The highest BCUT2D eigenvalue weighted by Crippen LogP contribution is 2.31. The predicted molar refractivity (Wildman–Crippen MR) is 116 cm³/mol. The minimum Gasteiger partial charge on any atom is -0.489 e. The molecule has 4 rings (SSSR count). The van der Waals surface area contributed by atoms with E-state index in [1.807, 2.05) is 18.2 Å². The Balaban J connectivity index is 1.32. The number of carboxylic acid groups (broad SMARTS) is 1. The molecule has 3 heterocycles. The van der Waals surface area contributed by atoms with Crippen molar-refractivity contribution in [1.82, 2.24) is 15.3 Å². The molecule has 0 saturated heterocycles. The average Bonchev–Trinajstić information content (AvgIpc) is 2.79. The molecule has 0 fully saturated rings. The molecule has 8 nitrogen and oxygen atoms in total. The molecule has 2 aromatic heterocycles. The number of rotatable bonds is 7. The van der Waals surface area contributed by atoms with Gasteiger partial charge < -0.3 is 26.0 Å². The van der Waals surface area contributed by atoms with Crippen molar-refractivity contribution in [3.8, 4) is 17.0 Å². The van der Waals surface area contributed by atoms with E-state index in [1.165, 1.54) is 6.20 Å². The van der Waals surface area contributed by atoms with Gasteiger partial charge in [-0.3, -0.25) is 4.98 Å². The minimum absolute atomic E-state index is 0.0167. The van der Waals surface area contributed by atoms with Crippen LogP contribution >= 0.6 is 0 Å². The third-order valence-corrected chi connectivity index (χ3v) is 5.30. The Kier molecular flexibility index (Phi) is 6.11. The van der Waals surface area contributed by atoms with Crippen LogP contribution in [0, 0.1) is 0 Å². The average molecular weight is 420 g/mol. The number of nitrogens with one attached hydrogen (secondary N) is 1. The fourth-order valence-electron chi connectivity index (χ4n) is 3.55. The Morgan fingerprint density at radius 3 is 2.77 bits per heavy atom. The largest absolute Gasteiger partial charge is 0.489 e. The van der Waals surface area contributed by atoms with Crippen molar-refractivity contribution in [1.29, 1.82) is 0 Å². The normalized spacial score (nSPS) is 16.2. The van der Waals surface area contributed by atoms with Crippen LogP contribution in [0.25, 0.3) is 11.3 Å². The maximum Gasteiger partial charge on any atom is 0.337 e. The number of aromatic carboxylic acids is 1. The third kappa shape index (κ3) is 4.99. The van der Waals surface area contributed by atoms with Gasteiger partial charge in [-0.25, -0.2) is 9.78 Å². The summed E-state index contributed by atoms with van der Waals surface area (Å²) in [5.41, 5.74) is 9.21. The van der Waals surface area contributed by atoms with E-state index in [-0.39, 0.29) is 11.7 Å². The highest BCUT2D eigenvalue weighted by Gasteiger charge is 2.21. The maximum atomic E-state index is 11.0. The molecular weight excluding hydrogens is 396 g/mol. The Hall–Kier alpha value is -3.49. The topological polar surface area (TPSA) is 131 Å². The molecule has 0 bridgehead atoms. The number of nitrogens with zero attached hydrogens (tertiary/aromatic N) is 2. The van der Waals surface area contributed by atoms with Gasteiger partial charge in [-0.15, -0.1) is 0 Å². The molecule has 0 unspecified atom stereocenters. The number of aliphatic hydroxyl groups excluding tert-OH is 1. The molecule has 31 heavy (non-hydrogen) atoms. The molecule has 8 heteroatoms. The SMILES string of the molecule is Nc1ccc([C@@H](O)CNC[C@H]2CCc3cc(-c4ccc(C(=O)O)cn4)ccc3O2)cn1. The van der Waals surface area contributed by atoms with Crippen LogP contribution in [0.3, 0.4) is 0 Å². The van der Waals surface area contributed by atoms with Gasteiger partial charge in [-0.2, -0.15) is 0 Å². The highest BCUT2D eigenvalue weighted by atomic mass is 16.5. The Morgan fingerprint density at radius 2 is 2.06 bits per heavy atom. The summed E-state index contributed by atoms with van der Waals surface area (Å²) >= 11 is 0. The van der Waals surface area contributed by atoms with E-state index < -0.39 is 12.1 Å². The van der Waals surface area contributed by atoms with E-state index in [0.29, 0.717) is 24.5 Å². The van der Waals surface area contributed by atoms with E-state index in [4.69, 9.17) is 15.6 Å². The Labute approximate surface area is 179 Å². The van der Waals surface area contributed by atoms with Crippen LogP contribution in [-0.2, 0) is 6.42 Å². The lowest BCUT2D eigenvalue weighted by molar-refractivity contribution is 0.0696. The zero-order valence-electron chi connectivity index (χ0n) is 16.9.